The highest BCUT2D eigenvalue weighted by Crippen LogP contribution is 2.16. The molecule has 0 aliphatic heterocycles. The Morgan fingerprint density at radius 3 is 2.18 bits per heavy atom. The van der Waals surface area contributed by atoms with Crippen molar-refractivity contribution in [1.82, 2.24) is 16.0 Å². The summed E-state index contributed by atoms with van der Waals surface area (Å²) < 4.78 is 0. The number of hydrogen-bond donors (Lipinski definition) is 5. The lowest BCUT2D eigenvalue weighted by molar-refractivity contribution is -0.132. The SMILES string of the molecule is CCCC(=O)N[C@H](C(=O)C[C@@H](CCCNC(N)=O)C(=O)NC)C(C)C.OCc1ccccc1. The van der Waals surface area contributed by atoms with E-state index in [0.29, 0.717) is 32.2 Å². The third-order valence-corrected chi connectivity index (χ3v) is 4.93. The summed E-state index contributed by atoms with van der Waals surface area (Å²) in [5.41, 5.74) is 5.96. The number of aliphatic hydroxyl groups is 1. The normalized spacial score (nSPS) is 12.1. The summed E-state index contributed by atoms with van der Waals surface area (Å²) in [6, 6.07) is 8.30. The van der Waals surface area contributed by atoms with Crippen LogP contribution in [0, 0.1) is 11.8 Å². The molecule has 0 fully saturated rings. The molecular formula is C24H40N4O5. The van der Waals surface area contributed by atoms with E-state index in [0.717, 1.165) is 5.56 Å². The maximum atomic E-state index is 12.6. The molecule has 1 aromatic carbocycles. The van der Waals surface area contributed by atoms with E-state index in [2.05, 4.69) is 16.0 Å². The third-order valence-electron chi connectivity index (χ3n) is 4.93. The molecule has 4 amide bonds. The number of carbonyl (C=O) groups excluding carboxylic acids is 4. The van der Waals surface area contributed by atoms with Crippen LogP contribution < -0.4 is 21.7 Å². The van der Waals surface area contributed by atoms with Gasteiger partial charge in [0.05, 0.1) is 12.6 Å². The van der Waals surface area contributed by atoms with E-state index in [-0.39, 0.29) is 36.5 Å². The standard InChI is InChI=1S/C17H32N4O4.C7H8O/c1-5-7-14(23)21-15(11(2)3)13(22)10-12(16(24)19-4)8-6-9-20-17(18)25;8-6-7-4-2-1-3-5-7/h11-12,15H,5-10H2,1-4H3,(H,19,24)(H,21,23)(H3,18,20,25);1-5,8H,6H2/t12-,15+;/m1./s1. The minimum Gasteiger partial charge on any atom is -0.392 e. The molecule has 0 bridgehead atoms. The fourth-order valence-corrected chi connectivity index (χ4v) is 3.13. The molecule has 0 saturated heterocycles. The number of benzene rings is 1. The Kier molecular flexibility index (Phi) is 16.0. The number of Topliss-reactive ketones (excluding diaryl/α,β-unsaturated/α-hetero) is 1. The van der Waals surface area contributed by atoms with Crippen molar-refractivity contribution in [2.45, 2.75) is 65.5 Å². The number of aliphatic hydroxyl groups excluding tert-OH is 1. The maximum Gasteiger partial charge on any atom is 0.312 e. The van der Waals surface area contributed by atoms with E-state index in [1.807, 2.05) is 51.1 Å². The summed E-state index contributed by atoms with van der Waals surface area (Å²) in [7, 11) is 1.52. The van der Waals surface area contributed by atoms with E-state index in [1.54, 1.807) is 0 Å². The van der Waals surface area contributed by atoms with Crippen molar-refractivity contribution in [3.05, 3.63) is 35.9 Å². The summed E-state index contributed by atoms with van der Waals surface area (Å²) in [6.07, 6.45) is 2.10. The van der Waals surface area contributed by atoms with Crippen LogP contribution in [0.5, 0.6) is 0 Å². The van der Waals surface area contributed by atoms with Gasteiger partial charge in [-0.3, -0.25) is 14.4 Å². The van der Waals surface area contributed by atoms with Crippen molar-refractivity contribution in [2.75, 3.05) is 13.6 Å². The molecule has 1 rings (SSSR count). The first-order valence-electron chi connectivity index (χ1n) is 11.4. The minimum absolute atomic E-state index is 0.0471. The number of ketones is 1. The van der Waals surface area contributed by atoms with E-state index in [1.165, 1.54) is 7.05 Å². The molecule has 0 radical (unpaired) electrons. The van der Waals surface area contributed by atoms with E-state index < -0.39 is 18.0 Å². The smallest absolute Gasteiger partial charge is 0.312 e. The zero-order valence-electron chi connectivity index (χ0n) is 20.2. The van der Waals surface area contributed by atoms with Crippen LogP contribution >= 0.6 is 0 Å². The number of nitrogens with one attached hydrogen (secondary N) is 3. The van der Waals surface area contributed by atoms with Crippen molar-refractivity contribution in [3.8, 4) is 0 Å². The molecule has 0 heterocycles. The van der Waals surface area contributed by atoms with Gasteiger partial charge in [0.1, 0.15) is 0 Å². The van der Waals surface area contributed by atoms with Gasteiger partial charge in [-0.2, -0.15) is 0 Å². The molecule has 0 saturated carbocycles. The molecule has 0 unspecified atom stereocenters. The van der Waals surface area contributed by atoms with Crippen LogP contribution in [-0.4, -0.2) is 48.4 Å². The fraction of sp³-hybridized carbons (Fsp3) is 0.583. The Morgan fingerprint density at radius 1 is 1.09 bits per heavy atom. The molecule has 1 aromatic rings. The molecule has 0 aliphatic rings. The average molecular weight is 465 g/mol. The van der Waals surface area contributed by atoms with Gasteiger partial charge in [0, 0.05) is 32.4 Å². The van der Waals surface area contributed by atoms with Crippen molar-refractivity contribution in [3.63, 3.8) is 0 Å². The van der Waals surface area contributed by atoms with Gasteiger partial charge in [-0.05, 0) is 30.7 Å². The van der Waals surface area contributed by atoms with Crippen LogP contribution in [0.1, 0.15) is 58.4 Å². The summed E-state index contributed by atoms with van der Waals surface area (Å²) in [6.45, 7) is 6.10. The minimum atomic E-state index is -0.619. The van der Waals surface area contributed by atoms with Gasteiger partial charge in [0.15, 0.2) is 5.78 Å². The lowest BCUT2D eigenvalue weighted by atomic mass is 9.89. The van der Waals surface area contributed by atoms with E-state index in [4.69, 9.17) is 10.8 Å². The highest BCUT2D eigenvalue weighted by Gasteiger charge is 2.28. The first kappa shape index (κ1) is 30.1. The average Bonchev–Trinajstić information content (AvgIpc) is 2.79. The largest absolute Gasteiger partial charge is 0.392 e. The number of urea groups is 1. The van der Waals surface area contributed by atoms with E-state index >= 15 is 0 Å². The number of hydrogen-bond acceptors (Lipinski definition) is 5. The van der Waals surface area contributed by atoms with E-state index in [9.17, 15) is 19.2 Å². The molecule has 0 aromatic heterocycles. The molecule has 186 valence electrons. The monoisotopic (exact) mass is 464 g/mol. The van der Waals surface area contributed by atoms with Crippen LogP contribution in [0.4, 0.5) is 4.79 Å². The highest BCUT2D eigenvalue weighted by molar-refractivity contribution is 5.92. The van der Waals surface area contributed by atoms with Crippen molar-refractivity contribution >= 4 is 23.6 Å². The van der Waals surface area contributed by atoms with Gasteiger partial charge < -0.3 is 26.8 Å². The van der Waals surface area contributed by atoms with Crippen LogP contribution in [0.2, 0.25) is 0 Å². The second-order valence-corrected chi connectivity index (χ2v) is 8.10. The van der Waals surface area contributed by atoms with Gasteiger partial charge in [-0.25, -0.2) is 4.79 Å². The predicted octanol–water partition coefficient (Wildman–Crippen LogP) is 1.88. The number of rotatable bonds is 13. The van der Waals surface area contributed by atoms with Gasteiger partial charge in [-0.15, -0.1) is 0 Å². The molecule has 0 aliphatic carbocycles. The van der Waals surface area contributed by atoms with Gasteiger partial charge in [0.2, 0.25) is 11.8 Å². The highest BCUT2D eigenvalue weighted by atomic mass is 16.3. The first-order valence-corrected chi connectivity index (χ1v) is 11.4. The Labute approximate surface area is 196 Å². The molecule has 9 heteroatoms. The lowest BCUT2D eigenvalue weighted by Gasteiger charge is -2.23. The fourth-order valence-electron chi connectivity index (χ4n) is 3.13. The number of carbonyl (C=O) groups is 4. The number of amides is 4. The molecule has 33 heavy (non-hydrogen) atoms. The summed E-state index contributed by atoms with van der Waals surface area (Å²) in [4.78, 5) is 47.1. The maximum absolute atomic E-state index is 12.6. The van der Waals surface area contributed by atoms with Crippen molar-refractivity contribution in [2.24, 2.45) is 17.6 Å². The summed E-state index contributed by atoms with van der Waals surface area (Å²) >= 11 is 0. The lowest BCUT2D eigenvalue weighted by Crippen LogP contribution is -2.45. The Morgan fingerprint density at radius 2 is 1.73 bits per heavy atom. The second-order valence-electron chi connectivity index (χ2n) is 8.10. The third kappa shape index (κ3) is 13.9. The van der Waals surface area contributed by atoms with Crippen LogP contribution in [0.3, 0.4) is 0 Å². The van der Waals surface area contributed by atoms with Crippen LogP contribution in [0.25, 0.3) is 0 Å². The number of nitrogens with two attached hydrogens (primary N) is 1. The Hall–Kier alpha value is -2.94. The molecule has 9 nitrogen and oxygen atoms in total. The predicted molar refractivity (Wildman–Crippen MR) is 128 cm³/mol. The van der Waals surface area contributed by atoms with Crippen LogP contribution in [-0.2, 0) is 21.0 Å². The van der Waals surface area contributed by atoms with Gasteiger partial charge in [-0.1, -0.05) is 51.1 Å². The quantitative estimate of drug-likeness (QED) is 0.282. The van der Waals surface area contributed by atoms with Crippen molar-refractivity contribution < 1.29 is 24.3 Å². The Balaban J connectivity index is 0.00000106. The summed E-state index contributed by atoms with van der Waals surface area (Å²) in [5.74, 6) is -1.10. The van der Waals surface area contributed by atoms with Crippen LogP contribution in [0.15, 0.2) is 30.3 Å². The molecular weight excluding hydrogens is 424 g/mol. The second kappa shape index (κ2) is 17.6. The topological polar surface area (TPSA) is 151 Å². The number of primary amides is 1. The van der Waals surface area contributed by atoms with Crippen molar-refractivity contribution in [1.29, 1.82) is 0 Å². The van der Waals surface area contributed by atoms with Gasteiger partial charge in [0.25, 0.3) is 0 Å². The zero-order valence-corrected chi connectivity index (χ0v) is 20.2. The van der Waals surface area contributed by atoms with Gasteiger partial charge >= 0.3 is 6.03 Å². The first-order chi connectivity index (χ1) is 15.7. The molecule has 6 N–H and O–H groups in total. The summed E-state index contributed by atoms with van der Waals surface area (Å²) in [5, 5.41) is 16.3. The molecule has 2 atom stereocenters. The Bertz CT molecular complexity index is 725. The zero-order chi connectivity index (χ0) is 25.2. The molecule has 0 spiro atoms.